The molecule has 0 amide bonds. The molecule has 0 N–H and O–H groups in total. The smallest absolute Gasteiger partial charge is 0.179 e. The van der Waals surface area contributed by atoms with Crippen LogP contribution in [0, 0.1) is 12.0 Å². The van der Waals surface area contributed by atoms with E-state index in [0.717, 1.165) is 16.5 Å². The summed E-state index contributed by atoms with van der Waals surface area (Å²) < 4.78 is 7.04. The van der Waals surface area contributed by atoms with Gasteiger partial charge in [0.1, 0.15) is 5.75 Å². The summed E-state index contributed by atoms with van der Waals surface area (Å²) in [5.41, 5.74) is 0.871. The fourth-order valence-electron chi connectivity index (χ4n) is 1.39. The highest BCUT2D eigenvalue weighted by Crippen LogP contribution is 2.16. The number of para-hydroxylation sites is 1. The van der Waals surface area contributed by atoms with Crippen LogP contribution >= 0.6 is 11.8 Å². The Morgan fingerprint density at radius 1 is 1.35 bits per heavy atom. The molecule has 0 bridgehead atoms. The highest BCUT2D eigenvalue weighted by molar-refractivity contribution is 7.98. The van der Waals surface area contributed by atoms with E-state index in [1.807, 2.05) is 36.7 Å². The Kier molecular flexibility index (Phi) is 3.73. The molecule has 0 saturated heterocycles. The second kappa shape index (κ2) is 5.46. The number of rotatable bonds is 2. The first-order valence-electron chi connectivity index (χ1n) is 5.07. The molecule has 2 rings (SSSR count). The molecule has 17 heavy (non-hydrogen) atoms. The quantitative estimate of drug-likeness (QED) is 0.600. The molecule has 1 aromatic carbocycles. The highest BCUT2D eigenvalue weighted by Gasteiger charge is 1.98. The third-order valence-corrected chi connectivity index (χ3v) is 2.87. The predicted molar refractivity (Wildman–Crippen MR) is 69.3 cm³/mol. The molecular weight excluding hydrogens is 232 g/mol. The van der Waals surface area contributed by atoms with Crippen molar-refractivity contribution in [2.45, 2.75) is 5.16 Å². The lowest BCUT2D eigenvalue weighted by atomic mass is 10.2. The number of nitrogens with zero attached hydrogens (tertiary/aromatic N) is 2. The average molecular weight is 244 g/mol. The van der Waals surface area contributed by atoms with Crippen LogP contribution in [0.15, 0.2) is 41.8 Å². The Labute approximate surface area is 105 Å². The summed E-state index contributed by atoms with van der Waals surface area (Å²) >= 11 is 1.57. The molecule has 0 atom stereocenters. The second-order valence-corrected chi connectivity index (χ2v) is 3.99. The molecule has 0 saturated carbocycles. The molecule has 1 heterocycles. The first-order valence-corrected chi connectivity index (χ1v) is 6.30. The molecular formula is C13H12N2OS. The minimum absolute atomic E-state index is 0.783. The first-order chi connectivity index (χ1) is 8.35. The van der Waals surface area contributed by atoms with Gasteiger partial charge in [-0.05, 0) is 24.3 Å². The number of thioether (sulfide) groups is 1. The lowest BCUT2D eigenvalue weighted by Crippen LogP contribution is -1.90. The van der Waals surface area contributed by atoms with Crippen molar-refractivity contribution in [1.29, 1.82) is 0 Å². The second-order valence-electron chi connectivity index (χ2n) is 3.22. The number of aromatic nitrogens is 2. The summed E-state index contributed by atoms with van der Waals surface area (Å²) in [5.74, 6) is 3.86. The summed E-state index contributed by atoms with van der Waals surface area (Å²) in [6.07, 6.45) is 5.56. The number of hydrogen-bond donors (Lipinski definition) is 0. The van der Waals surface area contributed by atoms with Gasteiger partial charge in [0.2, 0.25) is 0 Å². The number of imidazole rings is 1. The van der Waals surface area contributed by atoms with Crippen LogP contribution in [-0.4, -0.2) is 22.9 Å². The zero-order chi connectivity index (χ0) is 12.1. The van der Waals surface area contributed by atoms with E-state index in [1.54, 1.807) is 29.6 Å². The molecule has 1 aromatic heterocycles. The summed E-state index contributed by atoms with van der Waals surface area (Å²) in [4.78, 5) is 4.18. The number of benzene rings is 1. The van der Waals surface area contributed by atoms with Crippen molar-refractivity contribution in [3.05, 3.63) is 42.2 Å². The molecule has 0 unspecified atom stereocenters. The van der Waals surface area contributed by atoms with E-state index in [2.05, 4.69) is 16.9 Å². The van der Waals surface area contributed by atoms with Crippen molar-refractivity contribution in [2.24, 2.45) is 0 Å². The van der Waals surface area contributed by atoms with Crippen LogP contribution in [0.2, 0.25) is 0 Å². The van der Waals surface area contributed by atoms with Gasteiger partial charge in [-0.2, -0.15) is 0 Å². The third kappa shape index (κ3) is 2.63. The minimum atomic E-state index is 0.783. The molecule has 0 aliphatic heterocycles. The molecule has 0 aliphatic rings. The van der Waals surface area contributed by atoms with Crippen molar-refractivity contribution in [3.8, 4) is 17.7 Å². The van der Waals surface area contributed by atoms with Crippen molar-refractivity contribution >= 4 is 11.8 Å². The molecule has 2 aromatic rings. The van der Waals surface area contributed by atoms with Gasteiger partial charge in [-0.15, -0.1) is 0 Å². The van der Waals surface area contributed by atoms with Crippen molar-refractivity contribution in [1.82, 2.24) is 9.55 Å². The number of ether oxygens (including phenoxy) is 1. The van der Waals surface area contributed by atoms with Crippen LogP contribution in [-0.2, 0) is 0 Å². The van der Waals surface area contributed by atoms with Crippen molar-refractivity contribution < 1.29 is 4.74 Å². The standard InChI is InChI=1S/C13H12N2OS/c1-16-12-6-4-3-5-11(12)7-9-15-10-8-14-13(15)17-2/h3-6,8,10H,1-2H3. The molecule has 3 nitrogen and oxygen atoms in total. The Bertz CT molecular complexity index is 566. The molecule has 4 heteroatoms. The van der Waals surface area contributed by atoms with Gasteiger partial charge in [-0.25, -0.2) is 4.98 Å². The Morgan fingerprint density at radius 2 is 2.18 bits per heavy atom. The van der Waals surface area contributed by atoms with Crippen LogP contribution in [0.25, 0.3) is 0 Å². The van der Waals surface area contributed by atoms with Crippen LogP contribution in [0.1, 0.15) is 5.56 Å². The third-order valence-electron chi connectivity index (χ3n) is 2.21. The minimum Gasteiger partial charge on any atom is -0.495 e. The maximum absolute atomic E-state index is 5.24. The van der Waals surface area contributed by atoms with E-state index in [1.165, 1.54) is 0 Å². The molecule has 0 radical (unpaired) electrons. The fourth-order valence-corrected chi connectivity index (χ4v) is 1.86. The maximum Gasteiger partial charge on any atom is 0.179 e. The van der Waals surface area contributed by atoms with E-state index in [-0.39, 0.29) is 0 Å². The molecule has 86 valence electrons. The topological polar surface area (TPSA) is 27.1 Å². The lowest BCUT2D eigenvalue weighted by Gasteiger charge is -2.01. The van der Waals surface area contributed by atoms with Crippen LogP contribution in [0.4, 0.5) is 0 Å². The summed E-state index contributed by atoms with van der Waals surface area (Å²) in [7, 11) is 1.64. The molecule has 0 aliphatic carbocycles. The van der Waals surface area contributed by atoms with Gasteiger partial charge in [0.25, 0.3) is 0 Å². The van der Waals surface area contributed by atoms with E-state index in [0.29, 0.717) is 0 Å². The van der Waals surface area contributed by atoms with Crippen molar-refractivity contribution in [3.63, 3.8) is 0 Å². The number of methoxy groups -OCH3 is 1. The van der Waals surface area contributed by atoms with Gasteiger partial charge in [0.15, 0.2) is 5.16 Å². The van der Waals surface area contributed by atoms with Gasteiger partial charge in [-0.3, -0.25) is 4.57 Å². The summed E-state index contributed by atoms with van der Waals surface area (Å²) in [6.45, 7) is 0. The van der Waals surface area contributed by atoms with E-state index in [9.17, 15) is 0 Å². The Balaban J connectivity index is 2.33. The summed E-state index contributed by atoms with van der Waals surface area (Å²) in [6, 6.07) is 10.7. The van der Waals surface area contributed by atoms with Gasteiger partial charge >= 0.3 is 0 Å². The van der Waals surface area contributed by atoms with Gasteiger partial charge < -0.3 is 4.74 Å². The maximum atomic E-state index is 5.24. The Morgan fingerprint density at radius 3 is 2.94 bits per heavy atom. The molecule has 0 spiro atoms. The van der Waals surface area contributed by atoms with E-state index < -0.39 is 0 Å². The molecule has 0 fully saturated rings. The predicted octanol–water partition coefficient (Wildman–Crippen LogP) is 2.47. The Hall–Kier alpha value is -1.86. The fraction of sp³-hybridized carbons (Fsp3) is 0.154. The zero-order valence-electron chi connectivity index (χ0n) is 9.68. The zero-order valence-corrected chi connectivity index (χ0v) is 10.5. The monoisotopic (exact) mass is 244 g/mol. The van der Waals surface area contributed by atoms with Gasteiger partial charge in [0, 0.05) is 18.4 Å². The van der Waals surface area contributed by atoms with Gasteiger partial charge in [0.05, 0.1) is 12.7 Å². The average Bonchev–Trinajstić information content (AvgIpc) is 2.84. The largest absolute Gasteiger partial charge is 0.495 e. The number of hydrogen-bond acceptors (Lipinski definition) is 3. The van der Waals surface area contributed by atoms with E-state index in [4.69, 9.17) is 4.74 Å². The summed E-state index contributed by atoms with van der Waals surface area (Å²) in [5, 5.41) is 0.882. The SMILES string of the molecule is COc1ccccc1C#Cn1ccnc1SC. The van der Waals surface area contributed by atoms with Crippen LogP contribution in [0.5, 0.6) is 5.75 Å². The van der Waals surface area contributed by atoms with E-state index >= 15 is 0 Å². The normalized spacial score (nSPS) is 9.53. The lowest BCUT2D eigenvalue weighted by molar-refractivity contribution is 0.413. The van der Waals surface area contributed by atoms with Crippen LogP contribution in [0.3, 0.4) is 0 Å². The first kappa shape index (κ1) is 11.6. The van der Waals surface area contributed by atoms with Gasteiger partial charge in [-0.1, -0.05) is 23.9 Å². The van der Waals surface area contributed by atoms with Crippen molar-refractivity contribution in [2.75, 3.05) is 13.4 Å². The van der Waals surface area contributed by atoms with Crippen LogP contribution < -0.4 is 4.74 Å². The highest BCUT2D eigenvalue weighted by atomic mass is 32.2.